The Labute approximate surface area is 40.3 Å². The van der Waals surface area contributed by atoms with Crippen molar-refractivity contribution in [1.82, 2.24) is 0 Å². The first-order valence-electron chi connectivity index (χ1n) is 0.775. The van der Waals surface area contributed by atoms with Crippen molar-refractivity contribution in [3.8, 4) is 0 Å². The molecule has 0 rings (SSSR count). The normalized spacial score (nSPS) is 5.40. The van der Waals surface area contributed by atoms with Crippen LogP contribution in [-0.4, -0.2) is 22.4 Å². The smallest absolute Gasteiger partial charge is 0.402 e. The van der Waals surface area contributed by atoms with Crippen molar-refractivity contribution in [1.29, 1.82) is 0 Å². The van der Waals surface area contributed by atoms with Crippen LogP contribution >= 0.6 is 0 Å². The van der Waals surface area contributed by atoms with Crippen molar-refractivity contribution in [3.05, 3.63) is 0 Å². The van der Waals surface area contributed by atoms with Gasteiger partial charge in [-0.15, -0.1) is 0 Å². The predicted octanol–water partition coefficient (Wildman–Crippen LogP) is -2.05. The van der Waals surface area contributed by atoms with Gasteiger partial charge in [0.15, 0.2) is 0 Å². The van der Waals surface area contributed by atoms with Gasteiger partial charge in [0.1, 0.15) is 0 Å². The third-order valence-corrected chi connectivity index (χ3v) is 0. The summed E-state index contributed by atoms with van der Waals surface area (Å²) >= 11 is 0. The van der Waals surface area contributed by atoms with Gasteiger partial charge in [-0.05, 0) is 0 Å². The van der Waals surface area contributed by atoms with E-state index >= 15 is 0 Å². The van der Waals surface area contributed by atoms with Crippen LogP contribution in [0, 0.1) is 0 Å². The van der Waals surface area contributed by atoms with Crippen LogP contribution in [0.5, 0.6) is 0 Å². The molecule has 0 amide bonds. The average molecular weight is 125 g/mol. The van der Waals surface area contributed by atoms with E-state index in [9.17, 15) is 0 Å². The fraction of sp³-hybridized carbons (Fsp3) is 0. The summed E-state index contributed by atoms with van der Waals surface area (Å²) < 4.78 is 0. The van der Waals surface area contributed by atoms with Gasteiger partial charge in [-0.1, -0.05) is 0 Å². The van der Waals surface area contributed by atoms with Gasteiger partial charge in [0.25, 0.3) is 0 Å². The minimum absolute atomic E-state index is 0. The third-order valence-electron chi connectivity index (χ3n) is 0. The van der Waals surface area contributed by atoms with Gasteiger partial charge >= 0.3 is 7.32 Å². The first kappa shape index (κ1) is 9.07. The second-order valence-electron chi connectivity index (χ2n) is 0.346. The largest absolute Gasteiger partial charge is 0.631 e. The Morgan fingerprint density at radius 2 is 1.00 bits per heavy atom. The summed E-state index contributed by atoms with van der Waals surface area (Å²) in [5, 5.41) is 21.5. The molecule has 3 N–H and O–H groups in total. The molecule has 0 aromatic heterocycles. The molecule has 1 radical (unpaired) electrons. The molecule has 0 aliphatic heterocycles. The molecule has 0 spiro atoms. The van der Waals surface area contributed by atoms with Gasteiger partial charge in [0, 0.05) is 17.1 Å². The maximum Gasteiger partial charge on any atom is 0.631 e. The monoisotopic (exact) mass is 125 g/mol. The van der Waals surface area contributed by atoms with Gasteiger partial charge in [-0.2, -0.15) is 0 Å². The second-order valence-corrected chi connectivity index (χ2v) is 0.346. The summed E-state index contributed by atoms with van der Waals surface area (Å²) in [5.41, 5.74) is 0. The summed E-state index contributed by atoms with van der Waals surface area (Å²) in [4.78, 5) is 0. The third kappa shape index (κ3) is 126. The Balaban J connectivity index is 0. The van der Waals surface area contributed by atoms with Crippen LogP contribution in [0.3, 0.4) is 0 Å². The summed E-state index contributed by atoms with van der Waals surface area (Å²) in [7, 11) is -2.17. The van der Waals surface area contributed by atoms with Gasteiger partial charge in [-0.3, -0.25) is 0 Å². The van der Waals surface area contributed by atoms with Gasteiger partial charge < -0.3 is 15.1 Å². The molecule has 0 aliphatic carbocycles. The zero-order valence-electron chi connectivity index (χ0n) is 2.22. The molecule has 0 saturated heterocycles. The van der Waals surface area contributed by atoms with E-state index in [2.05, 4.69) is 0 Å². The number of hydrogen-bond acceptors (Lipinski definition) is 3. The second kappa shape index (κ2) is 4.46. The van der Waals surface area contributed by atoms with Crippen LogP contribution < -0.4 is 0 Å². The molecule has 0 bridgehead atoms. The van der Waals surface area contributed by atoms with Crippen molar-refractivity contribution < 1.29 is 32.1 Å². The first-order valence-corrected chi connectivity index (χ1v) is 0.775. The Bertz CT molecular complexity index is 11.6. The standard InChI is InChI=1S/BH3O3.Cu/c2-1(3)4;/h2-4H;. The summed E-state index contributed by atoms with van der Waals surface area (Å²) in [6.45, 7) is 0. The molecule has 0 heterocycles. The van der Waals surface area contributed by atoms with E-state index in [1.54, 1.807) is 0 Å². The molecule has 0 unspecified atom stereocenters. The van der Waals surface area contributed by atoms with Crippen molar-refractivity contribution in [2.45, 2.75) is 0 Å². The van der Waals surface area contributed by atoms with Crippen LogP contribution in [0.4, 0.5) is 0 Å². The Morgan fingerprint density at radius 1 is 1.00 bits per heavy atom. The van der Waals surface area contributed by atoms with Crippen LogP contribution in [0.15, 0.2) is 0 Å². The fourth-order valence-corrected chi connectivity index (χ4v) is 0. The Morgan fingerprint density at radius 3 is 1.00 bits per heavy atom. The quantitative estimate of drug-likeness (QED) is 0.327. The van der Waals surface area contributed by atoms with E-state index in [0.29, 0.717) is 0 Å². The molecule has 0 saturated carbocycles. The number of rotatable bonds is 0. The van der Waals surface area contributed by atoms with E-state index in [4.69, 9.17) is 15.1 Å². The Hall–Kier alpha value is 0.464. The fourth-order valence-electron chi connectivity index (χ4n) is 0. The van der Waals surface area contributed by atoms with E-state index in [0.717, 1.165) is 0 Å². The molecule has 0 aliphatic rings. The molecule has 0 fully saturated rings. The zero-order chi connectivity index (χ0) is 3.58. The summed E-state index contributed by atoms with van der Waals surface area (Å²) in [6, 6.07) is 0. The maximum atomic E-state index is 7.17. The van der Waals surface area contributed by atoms with Crippen molar-refractivity contribution in [2.24, 2.45) is 0 Å². The van der Waals surface area contributed by atoms with E-state index in [1.807, 2.05) is 0 Å². The SMILES string of the molecule is OB(O)O.[Cu]. The van der Waals surface area contributed by atoms with E-state index in [1.165, 1.54) is 0 Å². The average Bonchev–Trinajstić information content (AvgIpc) is 0.811. The van der Waals surface area contributed by atoms with Gasteiger partial charge in [0.05, 0.1) is 0 Å². The molecule has 0 aromatic rings. The Kier molecular flexibility index (Phi) is 8.10. The molecule has 0 aromatic carbocycles. The van der Waals surface area contributed by atoms with Crippen LogP contribution in [0.25, 0.3) is 0 Å². The molecule has 0 atom stereocenters. The van der Waals surface area contributed by atoms with E-state index < -0.39 is 7.32 Å². The minimum atomic E-state index is -2.17. The zero-order valence-corrected chi connectivity index (χ0v) is 3.16. The summed E-state index contributed by atoms with van der Waals surface area (Å²) in [5.74, 6) is 0. The minimum Gasteiger partial charge on any atom is -0.402 e. The maximum absolute atomic E-state index is 7.17. The summed E-state index contributed by atoms with van der Waals surface area (Å²) in [6.07, 6.45) is 0. The number of hydrogen-bond donors (Lipinski definition) is 3. The van der Waals surface area contributed by atoms with Crippen LogP contribution in [0.2, 0.25) is 0 Å². The molecule has 5 heavy (non-hydrogen) atoms. The van der Waals surface area contributed by atoms with E-state index in [-0.39, 0.29) is 17.1 Å². The topological polar surface area (TPSA) is 60.7 Å². The molecule has 35 valence electrons. The van der Waals surface area contributed by atoms with Crippen molar-refractivity contribution in [3.63, 3.8) is 0 Å². The molecular weight excluding hydrogens is 122 g/mol. The van der Waals surface area contributed by atoms with Crippen molar-refractivity contribution >= 4 is 7.32 Å². The molecule has 3 nitrogen and oxygen atoms in total. The molecule has 5 heteroatoms. The van der Waals surface area contributed by atoms with Gasteiger partial charge in [-0.25, -0.2) is 0 Å². The predicted molar refractivity (Wildman–Crippen MR) is 12.4 cm³/mol. The first-order chi connectivity index (χ1) is 1.73. The molecular formula is H3BCuO3. The van der Waals surface area contributed by atoms with Crippen LogP contribution in [0.1, 0.15) is 0 Å². The van der Waals surface area contributed by atoms with Crippen molar-refractivity contribution in [2.75, 3.05) is 0 Å². The van der Waals surface area contributed by atoms with Crippen LogP contribution in [-0.2, 0) is 17.1 Å². The van der Waals surface area contributed by atoms with Gasteiger partial charge in [0.2, 0.25) is 0 Å².